The van der Waals surface area contributed by atoms with Gasteiger partial charge in [-0.1, -0.05) is 48.5 Å². The third-order valence-electron chi connectivity index (χ3n) is 5.99. The monoisotopic (exact) mass is 445 g/mol. The minimum atomic E-state index is -0.270. The molecule has 1 saturated heterocycles. The molecule has 7 nitrogen and oxygen atoms in total. The van der Waals surface area contributed by atoms with Gasteiger partial charge in [0.15, 0.2) is 0 Å². The van der Waals surface area contributed by atoms with Gasteiger partial charge >= 0.3 is 0 Å². The predicted molar refractivity (Wildman–Crippen MR) is 132 cm³/mol. The van der Waals surface area contributed by atoms with E-state index in [1.807, 2.05) is 43.3 Å². The number of para-hydroxylation sites is 1. The van der Waals surface area contributed by atoms with E-state index in [-0.39, 0.29) is 24.1 Å². The molecule has 1 aliphatic heterocycles. The van der Waals surface area contributed by atoms with Crippen LogP contribution in [0.25, 0.3) is 0 Å². The van der Waals surface area contributed by atoms with E-state index in [2.05, 4.69) is 44.5 Å². The highest BCUT2D eigenvalue weighted by Crippen LogP contribution is 2.18. The Morgan fingerprint density at radius 2 is 1.55 bits per heavy atom. The van der Waals surface area contributed by atoms with Crippen molar-refractivity contribution in [3.63, 3.8) is 0 Å². The van der Waals surface area contributed by atoms with Crippen LogP contribution in [0.1, 0.15) is 18.9 Å². The average molecular weight is 446 g/mol. The molecule has 1 atom stereocenters. The van der Waals surface area contributed by atoms with E-state index in [9.17, 15) is 9.59 Å². The van der Waals surface area contributed by atoms with Crippen LogP contribution in [0.15, 0.2) is 77.6 Å². The molecule has 0 bridgehead atoms. The predicted octanol–water partition coefficient (Wildman–Crippen LogP) is 2.71. The van der Waals surface area contributed by atoms with Gasteiger partial charge in [-0.2, -0.15) is 5.10 Å². The Labute approximate surface area is 194 Å². The Kier molecular flexibility index (Phi) is 7.40. The summed E-state index contributed by atoms with van der Waals surface area (Å²) in [5, 5.41) is 7.48. The van der Waals surface area contributed by atoms with Crippen LogP contribution in [0, 0.1) is 0 Å². The Morgan fingerprint density at radius 1 is 0.909 bits per heavy atom. The van der Waals surface area contributed by atoms with Gasteiger partial charge in [-0.25, -0.2) is 4.68 Å². The number of hydrogen-bond donors (Lipinski definition) is 1. The smallest absolute Gasteiger partial charge is 0.267 e. The summed E-state index contributed by atoms with van der Waals surface area (Å²) in [6.07, 6.45) is 1.73. The van der Waals surface area contributed by atoms with Crippen LogP contribution in [0.5, 0.6) is 0 Å². The number of amides is 1. The Bertz CT molecular complexity index is 1090. The number of hydrogen-bond acceptors (Lipinski definition) is 5. The molecule has 4 rings (SSSR count). The lowest BCUT2D eigenvalue weighted by molar-refractivity contribution is -0.122. The molecule has 1 N–H and O–H groups in total. The van der Waals surface area contributed by atoms with Crippen molar-refractivity contribution < 1.29 is 4.79 Å². The zero-order valence-electron chi connectivity index (χ0n) is 19.1. The zero-order valence-corrected chi connectivity index (χ0v) is 19.1. The van der Waals surface area contributed by atoms with Crippen LogP contribution in [0.3, 0.4) is 0 Å². The van der Waals surface area contributed by atoms with Crippen molar-refractivity contribution in [3.8, 4) is 0 Å². The number of nitrogens with one attached hydrogen (secondary N) is 1. The maximum atomic E-state index is 12.5. The SMILES string of the molecule is C[C@H](CCc1ccccc1)NC(=O)Cn1nc(N2CCN(c3ccccc3)CC2)ccc1=O. The number of rotatable bonds is 8. The van der Waals surface area contributed by atoms with Gasteiger partial charge in [0, 0.05) is 44.0 Å². The van der Waals surface area contributed by atoms with Crippen molar-refractivity contribution in [3.05, 3.63) is 88.7 Å². The van der Waals surface area contributed by atoms with Crippen LogP contribution in [0.2, 0.25) is 0 Å². The van der Waals surface area contributed by atoms with Crippen LogP contribution in [0.4, 0.5) is 11.5 Å². The first-order valence-electron chi connectivity index (χ1n) is 11.5. The third kappa shape index (κ3) is 6.22. The van der Waals surface area contributed by atoms with Crippen LogP contribution in [-0.4, -0.2) is 47.9 Å². The van der Waals surface area contributed by atoms with Gasteiger partial charge in [-0.3, -0.25) is 9.59 Å². The summed E-state index contributed by atoms with van der Waals surface area (Å²) < 4.78 is 1.26. The van der Waals surface area contributed by atoms with Gasteiger partial charge < -0.3 is 15.1 Å². The summed E-state index contributed by atoms with van der Waals surface area (Å²) in [5.74, 6) is 0.531. The van der Waals surface area contributed by atoms with E-state index in [0.29, 0.717) is 0 Å². The Balaban J connectivity index is 1.31. The molecular formula is C26H31N5O2. The quantitative estimate of drug-likeness (QED) is 0.577. The number of carbonyl (C=O) groups is 1. The van der Waals surface area contributed by atoms with Crippen molar-refractivity contribution in [2.24, 2.45) is 0 Å². The topological polar surface area (TPSA) is 70.5 Å². The first kappa shape index (κ1) is 22.6. The van der Waals surface area contributed by atoms with Gasteiger partial charge in [-0.05, 0) is 43.5 Å². The molecule has 2 heterocycles. The fourth-order valence-electron chi connectivity index (χ4n) is 4.11. The highest BCUT2D eigenvalue weighted by Gasteiger charge is 2.19. The maximum absolute atomic E-state index is 12.5. The second-order valence-electron chi connectivity index (χ2n) is 8.49. The van der Waals surface area contributed by atoms with Crippen LogP contribution < -0.4 is 20.7 Å². The van der Waals surface area contributed by atoms with Crippen molar-refractivity contribution in [1.82, 2.24) is 15.1 Å². The summed E-state index contributed by atoms with van der Waals surface area (Å²) >= 11 is 0. The van der Waals surface area contributed by atoms with Crippen LogP contribution in [-0.2, 0) is 17.8 Å². The molecule has 0 unspecified atom stereocenters. The van der Waals surface area contributed by atoms with Gasteiger partial charge in [-0.15, -0.1) is 0 Å². The molecule has 1 fully saturated rings. The second kappa shape index (κ2) is 10.8. The zero-order chi connectivity index (χ0) is 23.0. The van der Waals surface area contributed by atoms with Gasteiger partial charge in [0.25, 0.3) is 5.56 Å². The fourth-order valence-corrected chi connectivity index (χ4v) is 4.11. The van der Waals surface area contributed by atoms with E-state index < -0.39 is 0 Å². The molecule has 0 spiro atoms. The third-order valence-corrected chi connectivity index (χ3v) is 5.99. The number of piperazine rings is 1. The number of benzene rings is 2. The summed E-state index contributed by atoms with van der Waals surface area (Å²) in [6.45, 7) is 5.28. The summed E-state index contributed by atoms with van der Waals surface area (Å²) in [6, 6.07) is 23.8. The molecular weight excluding hydrogens is 414 g/mol. The average Bonchev–Trinajstić information content (AvgIpc) is 2.85. The lowest BCUT2D eigenvalue weighted by atomic mass is 10.1. The molecule has 1 amide bonds. The molecule has 0 radical (unpaired) electrons. The molecule has 7 heteroatoms. The Morgan fingerprint density at radius 3 is 2.24 bits per heavy atom. The molecule has 0 saturated carbocycles. The lowest BCUT2D eigenvalue weighted by Crippen LogP contribution is -2.47. The van der Waals surface area contributed by atoms with Crippen molar-refractivity contribution in [2.45, 2.75) is 32.4 Å². The number of aryl methyl sites for hydroxylation is 1. The molecule has 1 aliphatic rings. The fraction of sp³-hybridized carbons (Fsp3) is 0.346. The molecule has 1 aromatic heterocycles. The van der Waals surface area contributed by atoms with Gasteiger partial charge in [0.05, 0.1) is 0 Å². The van der Waals surface area contributed by atoms with E-state index in [1.165, 1.54) is 22.0 Å². The van der Waals surface area contributed by atoms with E-state index in [0.717, 1.165) is 44.8 Å². The molecule has 172 valence electrons. The van der Waals surface area contributed by atoms with Gasteiger partial charge in [0.1, 0.15) is 12.4 Å². The summed E-state index contributed by atoms with van der Waals surface area (Å²) in [7, 11) is 0. The van der Waals surface area contributed by atoms with Crippen molar-refractivity contribution in [2.75, 3.05) is 36.0 Å². The summed E-state index contributed by atoms with van der Waals surface area (Å²) in [5.41, 5.74) is 2.19. The van der Waals surface area contributed by atoms with Gasteiger partial charge in [0.2, 0.25) is 5.91 Å². The second-order valence-corrected chi connectivity index (χ2v) is 8.49. The number of anilines is 2. The number of nitrogens with zero attached hydrogens (tertiary/aromatic N) is 4. The first-order valence-corrected chi connectivity index (χ1v) is 11.5. The largest absolute Gasteiger partial charge is 0.368 e. The minimum Gasteiger partial charge on any atom is -0.368 e. The van der Waals surface area contributed by atoms with Crippen LogP contribution >= 0.6 is 0 Å². The Hall–Kier alpha value is -3.61. The van der Waals surface area contributed by atoms with Crippen molar-refractivity contribution in [1.29, 1.82) is 0 Å². The molecule has 2 aromatic carbocycles. The normalized spacial score (nSPS) is 14.7. The highest BCUT2D eigenvalue weighted by molar-refractivity contribution is 5.75. The molecule has 0 aliphatic carbocycles. The standard InChI is InChI=1S/C26H31N5O2/c1-21(12-13-22-8-4-2-5-9-22)27-25(32)20-31-26(33)15-14-24(28-31)30-18-16-29(17-19-30)23-10-6-3-7-11-23/h2-11,14-15,21H,12-13,16-20H2,1H3,(H,27,32)/t21-/m1/s1. The molecule has 3 aromatic rings. The summed E-state index contributed by atoms with van der Waals surface area (Å²) in [4.78, 5) is 29.4. The molecule has 33 heavy (non-hydrogen) atoms. The van der Waals surface area contributed by atoms with E-state index >= 15 is 0 Å². The first-order chi connectivity index (χ1) is 16.1. The lowest BCUT2D eigenvalue weighted by Gasteiger charge is -2.36. The minimum absolute atomic E-state index is 0.0163. The number of carbonyl (C=O) groups excluding carboxylic acids is 1. The maximum Gasteiger partial charge on any atom is 0.267 e. The van der Waals surface area contributed by atoms with Crippen molar-refractivity contribution >= 4 is 17.4 Å². The number of aromatic nitrogens is 2. The van der Waals surface area contributed by atoms with E-state index in [1.54, 1.807) is 6.07 Å². The highest BCUT2D eigenvalue weighted by atomic mass is 16.2. The van der Waals surface area contributed by atoms with E-state index in [4.69, 9.17) is 0 Å².